The number of ether oxygens (including phenoxy) is 3. The molecule has 0 spiro atoms. The summed E-state index contributed by atoms with van der Waals surface area (Å²) in [7, 11) is 2.91. The molecule has 0 atom stereocenters. The van der Waals surface area contributed by atoms with Crippen LogP contribution in [-0.2, 0) is 21.6 Å². The predicted octanol–water partition coefficient (Wildman–Crippen LogP) is 2.77. The summed E-state index contributed by atoms with van der Waals surface area (Å²) >= 11 is 0. The van der Waals surface area contributed by atoms with Gasteiger partial charge >= 0.3 is 5.97 Å². The highest BCUT2D eigenvalue weighted by Gasteiger charge is 2.37. The van der Waals surface area contributed by atoms with E-state index in [0.717, 1.165) is 31.5 Å². The Kier molecular flexibility index (Phi) is 5.86. The Morgan fingerprint density at radius 1 is 1.07 bits per heavy atom. The number of phenols is 1. The molecule has 1 saturated heterocycles. The molecule has 0 unspecified atom stereocenters. The number of hydrogen-bond acceptors (Lipinski definition) is 6. The van der Waals surface area contributed by atoms with E-state index in [9.17, 15) is 9.90 Å². The van der Waals surface area contributed by atoms with Crippen molar-refractivity contribution in [2.75, 3.05) is 27.3 Å². The van der Waals surface area contributed by atoms with Crippen LogP contribution in [0.5, 0.6) is 17.2 Å². The van der Waals surface area contributed by atoms with Crippen LogP contribution in [0.1, 0.15) is 24.0 Å². The summed E-state index contributed by atoms with van der Waals surface area (Å²) in [5.41, 5.74) is 1.05. The van der Waals surface area contributed by atoms with Crippen LogP contribution in [0, 0.1) is 0 Å². The molecule has 1 heterocycles. The van der Waals surface area contributed by atoms with Crippen LogP contribution in [0.25, 0.3) is 0 Å². The lowest BCUT2D eigenvalue weighted by Crippen LogP contribution is -2.43. The van der Waals surface area contributed by atoms with Gasteiger partial charge in [-0.05, 0) is 36.3 Å². The van der Waals surface area contributed by atoms with Gasteiger partial charge in [0.05, 0.1) is 20.6 Å². The Morgan fingerprint density at radius 3 is 2.22 bits per heavy atom. The van der Waals surface area contributed by atoms with E-state index in [1.165, 1.54) is 14.2 Å². The first kappa shape index (κ1) is 19.0. The number of esters is 1. The summed E-state index contributed by atoms with van der Waals surface area (Å²) in [5.74, 6) is 0.111. The zero-order chi connectivity index (χ0) is 19.3. The lowest BCUT2D eigenvalue weighted by atomic mass is 9.84. The molecule has 0 bridgehead atoms. The molecule has 0 amide bonds. The minimum absolute atomic E-state index is 0.0645. The second kappa shape index (κ2) is 8.31. The fourth-order valence-corrected chi connectivity index (χ4v) is 3.49. The van der Waals surface area contributed by atoms with Gasteiger partial charge in [-0.1, -0.05) is 30.3 Å². The van der Waals surface area contributed by atoms with Crippen LogP contribution in [0.3, 0.4) is 0 Å². The van der Waals surface area contributed by atoms with Crippen molar-refractivity contribution in [1.29, 1.82) is 0 Å². The van der Waals surface area contributed by atoms with Crippen molar-refractivity contribution in [3.05, 3.63) is 53.6 Å². The molecule has 0 aromatic heterocycles. The highest BCUT2D eigenvalue weighted by molar-refractivity contribution is 5.74. The Bertz CT molecular complexity index is 759. The van der Waals surface area contributed by atoms with Crippen molar-refractivity contribution in [3.8, 4) is 17.2 Å². The quantitative estimate of drug-likeness (QED) is 0.761. The molecular weight excluding hydrogens is 346 g/mol. The molecule has 1 fully saturated rings. The molecule has 0 radical (unpaired) electrons. The molecule has 1 aliphatic heterocycles. The second-order valence-electron chi connectivity index (χ2n) is 6.61. The van der Waals surface area contributed by atoms with Gasteiger partial charge in [0.1, 0.15) is 5.60 Å². The van der Waals surface area contributed by atoms with Gasteiger partial charge < -0.3 is 24.6 Å². The van der Waals surface area contributed by atoms with E-state index in [1.54, 1.807) is 12.1 Å². The van der Waals surface area contributed by atoms with Crippen LogP contribution >= 0.6 is 0 Å². The van der Waals surface area contributed by atoms with E-state index in [-0.39, 0.29) is 29.6 Å². The number of phenolic OH excluding ortho intramolecular Hbond substituents is 1. The maximum absolute atomic E-state index is 12.8. The standard InChI is InChI=1S/C21H25NO5/c1-25-17-12-15(13-18(26-2)20(17)24)14-19(23)27-21(8-10-22-11-9-21)16-6-4-3-5-7-16/h3-7,12-13,22,24H,8-11,14H2,1-2H3. The van der Waals surface area contributed by atoms with E-state index in [2.05, 4.69) is 5.32 Å². The minimum Gasteiger partial charge on any atom is -0.502 e. The number of benzene rings is 2. The largest absolute Gasteiger partial charge is 0.502 e. The monoisotopic (exact) mass is 371 g/mol. The lowest BCUT2D eigenvalue weighted by molar-refractivity contribution is -0.163. The van der Waals surface area contributed by atoms with Gasteiger partial charge in [-0.3, -0.25) is 4.79 Å². The molecule has 6 heteroatoms. The molecule has 0 aliphatic carbocycles. The molecule has 2 aromatic rings. The SMILES string of the molecule is COc1cc(CC(=O)OC2(c3ccccc3)CCNCC2)cc(OC)c1O. The normalized spacial score (nSPS) is 15.8. The van der Waals surface area contributed by atoms with Gasteiger partial charge in [0, 0.05) is 12.8 Å². The van der Waals surface area contributed by atoms with Gasteiger partial charge in [-0.2, -0.15) is 0 Å². The third-order valence-corrected chi connectivity index (χ3v) is 4.91. The maximum Gasteiger partial charge on any atom is 0.311 e. The smallest absolute Gasteiger partial charge is 0.311 e. The highest BCUT2D eigenvalue weighted by atomic mass is 16.6. The first-order chi connectivity index (χ1) is 13.1. The molecule has 144 valence electrons. The molecule has 2 aromatic carbocycles. The van der Waals surface area contributed by atoms with Crippen LogP contribution in [-0.4, -0.2) is 38.4 Å². The van der Waals surface area contributed by atoms with Crippen molar-refractivity contribution in [1.82, 2.24) is 5.32 Å². The molecule has 0 saturated carbocycles. The highest BCUT2D eigenvalue weighted by Crippen LogP contribution is 2.38. The maximum atomic E-state index is 12.8. The van der Waals surface area contributed by atoms with Crippen molar-refractivity contribution in [2.24, 2.45) is 0 Å². The minimum atomic E-state index is -0.616. The summed E-state index contributed by atoms with van der Waals surface area (Å²) in [4.78, 5) is 12.8. The van der Waals surface area contributed by atoms with E-state index in [4.69, 9.17) is 14.2 Å². The average Bonchev–Trinajstić information content (AvgIpc) is 2.70. The Labute approximate surface area is 159 Å². The van der Waals surface area contributed by atoms with Gasteiger partial charge in [0.25, 0.3) is 0 Å². The van der Waals surface area contributed by atoms with Gasteiger partial charge in [-0.15, -0.1) is 0 Å². The second-order valence-corrected chi connectivity index (χ2v) is 6.61. The number of methoxy groups -OCH3 is 2. The van der Waals surface area contributed by atoms with Gasteiger partial charge in [0.2, 0.25) is 5.75 Å². The topological polar surface area (TPSA) is 77.0 Å². The average molecular weight is 371 g/mol. The van der Waals surface area contributed by atoms with Crippen molar-refractivity contribution in [2.45, 2.75) is 24.9 Å². The van der Waals surface area contributed by atoms with Crippen LogP contribution in [0.4, 0.5) is 0 Å². The number of carbonyl (C=O) groups excluding carboxylic acids is 1. The Morgan fingerprint density at radius 2 is 1.67 bits per heavy atom. The number of hydrogen-bond donors (Lipinski definition) is 2. The third-order valence-electron chi connectivity index (χ3n) is 4.91. The molecule has 3 rings (SSSR count). The summed E-state index contributed by atoms with van der Waals surface area (Å²) in [5, 5.41) is 13.3. The number of aromatic hydroxyl groups is 1. The number of rotatable bonds is 6. The molecule has 1 aliphatic rings. The number of nitrogens with one attached hydrogen (secondary N) is 1. The van der Waals surface area contributed by atoms with Crippen LogP contribution in [0.15, 0.2) is 42.5 Å². The molecular formula is C21H25NO5. The zero-order valence-electron chi connectivity index (χ0n) is 15.7. The first-order valence-electron chi connectivity index (χ1n) is 9.00. The van der Waals surface area contributed by atoms with Crippen molar-refractivity contribution < 1.29 is 24.1 Å². The van der Waals surface area contributed by atoms with E-state index < -0.39 is 5.60 Å². The predicted molar refractivity (Wildman–Crippen MR) is 101 cm³/mol. The van der Waals surface area contributed by atoms with Gasteiger partial charge in [-0.25, -0.2) is 0 Å². The first-order valence-corrected chi connectivity index (χ1v) is 9.00. The van der Waals surface area contributed by atoms with Crippen LogP contribution in [0.2, 0.25) is 0 Å². The molecule has 27 heavy (non-hydrogen) atoms. The summed E-state index contributed by atoms with van der Waals surface area (Å²) < 4.78 is 16.3. The lowest BCUT2D eigenvalue weighted by Gasteiger charge is -2.37. The molecule has 2 N–H and O–H groups in total. The summed E-state index contributed by atoms with van der Waals surface area (Å²) in [6.45, 7) is 1.59. The van der Waals surface area contributed by atoms with Crippen molar-refractivity contribution in [3.63, 3.8) is 0 Å². The van der Waals surface area contributed by atoms with E-state index >= 15 is 0 Å². The third kappa shape index (κ3) is 4.17. The fraction of sp³-hybridized carbons (Fsp3) is 0.381. The van der Waals surface area contributed by atoms with Crippen LogP contribution < -0.4 is 14.8 Å². The zero-order valence-corrected chi connectivity index (χ0v) is 15.7. The number of carbonyl (C=O) groups is 1. The molecule has 6 nitrogen and oxygen atoms in total. The Balaban J connectivity index is 1.81. The van der Waals surface area contributed by atoms with E-state index in [0.29, 0.717) is 5.56 Å². The van der Waals surface area contributed by atoms with Gasteiger partial charge in [0.15, 0.2) is 11.5 Å². The Hall–Kier alpha value is -2.73. The summed E-state index contributed by atoms with van der Waals surface area (Å²) in [6, 6.07) is 13.1. The van der Waals surface area contributed by atoms with Crippen molar-refractivity contribution >= 4 is 5.97 Å². The summed E-state index contributed by atoms with van der Waals surface area (Å²) in [6.07, 6.45) is 1.52. The number of piperidine rings is 1. The fourth-order valence-electron chi connectivity index (χ4n) is 3.49. The van der Waals surface area contributed by atoms with E-state index in [1.807, 2.05) is 30.3 Å².